The number of sulfone groups is 1. The number of aryl methyl sites for hydroxylation is 2. The fourth-order valence-corrected chi connectivity index (χ4v) is 3.73. The van der Waals surface area contributed by atoms with Gasteiger partial charge in [-0.2, -0.15) is 0 Å². The first-order valence-corrected chi connectivity index (χ1v) is 8.54. The summed E-state index contributed by atoms with van der Waals surface area (Å²) in [6, 6.07) is 5.78. The molecular weight excluding hydrogens is 298 g/mol. The van der Waals surface area contributed by atoms with Crippen LogP contribution in [0, 0.1) is 13.8 Å². The Bertz CT molecular complexity index is 654. The van der Waals surface area contributed by atoms with Gasteiger partial charge in [-0.3, -0.25) is 0 Å². The van der Waals surface area contributed by atoms with E-state index in [0.29, 0.717) is 0 Å². The second kappa shape index (κ2) is 5.37. The highest BCUT2D eigenvalue weighted by Gasteiger charge is 2.39. The molecule has 4 nitrogen and oxygen atoms in total. The largest absolute Gasteiger partial charge is 0.387 e. The molecule has 0 aromatic heterocycles. The SMILES string of the molecule is Cc1ccc(C)c(CS(=O)(=O)C2=NOC(C)(CCl)C2)c1. The number of rotatable bonds is 3. The van der Waals surface area contributed by atoms with Crippen LogP contribution < -0.4 is 0 Å². The molecule has 0 amide bonds. The third-order valence-electron chi connectivity index (χ3n) is 3.38. The Morgan fingerprint density at radius 1 is 1.40 bits per heavy atom. The first kappa shape index (κ1) is 15.3. The zero-order chi connectivity index (χ0) is 15.0. The predicted molar refractivity (Wildman–Crippen MR) is 80.8 cm³/mol. The number of oxime groups is 1. The number of nitrogens with zero attached hydrogens (tertiary/aromatic N) is 1. The predicted octanol–water partition coefficient (Wildman–Crippen LogP) is 2.95. The maximum atomic E-state index is 12.4. The van der Waals surface area contributed by atoms with E-state index in [1.54, 1.807) is 6.92 Å². The van der Waals surface area contributed by atoms with Crippen LogP contribution >= 0.6 is 11.6 Å². The lowest BCUT2D eigenvalue weighted by Crippen LogP contribution is -2.28. The lowest BCUT2D eigenvalue weighted by molar-refractivity contribution is 0.0152. The van der Waals surface area contributed by atoms with Gasteiger partial charge in [0.1, 0.15) is 0 Å². The molecule has 0 saturated carbocycles. The minimum absolute atomic E-state index is 0.0545. The van der Waals surface area contributed by atoms with Crippen LogP contribution in [-0.4, -0.2) is 24.9 Å². The van der Waals surface area contributed by atoms with Crippen LogP contribution in [0.15, 0.2) is 23.4 Å². The van der Waals surface area contributed by atoms with Gasteiger partial charge in [0.2, 0.25) is 0 Å². The number of benzene rings is 1. The van der Waals surface area contributed by atoms with Gasteiger partial charge in [0.25, 0.3) is 0 Å². The second-order valence-electron chi connectivity index (χ2n) is 5.53. The molecule has 0 saturated heterocycles. The van der Waals surface area contributed by atoms with E-state index in [1.165, 1.54) is 0 Å². The molecule has 1 aliphatic rings. The summed E-state index contributed by atoms with van der Waals surface area (Å²) < 4.78 is 24.8. The van der Waals surface area contributed by atoms with Crippen molar-refractivity contribution in [1.29, 1.82) is 0 Å². The molecule has 0 aliphatic carbocycles. The Morgan fingerprint density at radius 2 is 2.10 bits per heavy atom. The number of halogens is 1. The van der Waals surface area contributed by atoms with E-state index in [-0.39, 0.29) is 23.1 Å². The average molecular weight is 316 g/mol. The Labute approximate surface area is 124 Å². The molecule has 110 valence electrons. The quantitative estimate of drug-likeness (QED) is 0.806. The molecular formula is C14H18ClNO3S. The summed E-state index contributed by atoms with van der Waals surface area (Å²) in [5, 5.41) is 3.81. The number of hydrogen-bond acceptors (Lipinski definition) is 4. The third-order valence-corrected chi connectivity index (χ3v) is 5.58. The average Bonchev–Trinajstić information content (AvgIpc) is 2.78. The van der Waals surface area contributed by atoms with Gasteiger partial charge in [-0.05, 0) is 31.9 Å². The maximum Gasteiger partial charge on any atom is 0.199 e. The highest BCUT2D eigenvalue weighted by molar-refractivity contribution is 8.05. The summed E-state index contributed by atoms with van der Waals surface area (Å²) >= 11 is 5.78. The van der Waals surface area contributed by atoms with Crippen LogP contribution in [0.1, 0.15) is 30.0 Å². The third kappa shape index (κ3) is 3.15. The fraction of sp³-hybridized carbons (Fsp3) is 0.500. The van der Waals surface area contributed by atoms with Gasteiger partial charge in [-0.25, -0.2) is 8.42 Å². The van der Waals surface area contributed by atoms with Crippen molar-refractivity contribution < 1.29 is 13.3 Å². The lowest BCUT2D eigenvalue weighted by atomic mass is 10.1. The van der Waals surface area contributed by atoms with Crippen LogP contribution in [0.3, 0.4) is 0 Å². The smallest absolute Gasteiger partial charge is 0.199 e. The molecule has 1 unspecified atom stereocenters. The molecule has 1 aromatic rings. The molecule has 1 aliphatic heterocycles. The van der Waals surface area contributed by atoms with Crippen molar-refractivity contribution in [2.45, 2.75) is 38.5 Å². The maximum absolute atomic E-state index is 12.4. The van der Waals surface area contributed by atoms with Gasteiger partial charge in [0, 0.05) is 6.42 Å². The molecule has 6 heteroatoms. The highest BCUT2D eigenvalue weighted by atomic mass is 35.5. The van der Waals surface area contributed by atoms with Crippen LogP contribution in [0.4, 0.5) is 0 Å². The highest BCUT2D eigenvalue weighted by Crippen LogP contribution is 2.28. The fourth-order valence-electron chi connectivity index (χ4n) is 2.03. The first-order valence-electron chi connectivity index (χ1n) is 6.36. The van der Waals surface area contributed by atoms with Crippen LogP contribution in [0.2, 0.25) is 0 Å². The van der Waals surface area contributed by atoms with Crippen molar-refractivity contribution in [3.05, 3.63) is 34.9 Å². The van der Waals surface area contributed by atoms with E-state index >= 15 is 0 Å². The van der Waals surface area contributed by atoms with Gasteiger partial charge in [-0.15, -0.1) is 11.6 Å². The summed E-state index contributed by atoms with van der Waals surface area (Å²) in [4.78, 5) is 5.16. The molecule has 1 atom stereocenters. The summed E-state index contributed by atoms with van der Waals surface area (Å²) in [5.41, 5.74) is 2.08. The topological polar surface area (TPSA) is 55.7 Å². The Balaban J connectivity index is 2.23. The Kier molecular flexibility index (Phi) is 4.12. The molecule has 0 radical (unpaired) electrons. The Morgan fingerprint density at radius 3 is 2.70 bits per heavy atom. The standard InChI is InChI=1S/C14H18ClNO3S/c1-10-4-5-11(2)12(6-10)8-20(17,18)13-7-14(3,9-15)19-16-13/h4-6H,7-9H2,1-3H3. The van der Waals surface area contributed by atoms with E-state index in [9.17, 15) is 8.42 Å². The van der Waals surface area contributed by atoms with Gasteiger partial charge in [-0.1, -0.05) is 28.9 Å². The van der Waals surface area contributed by atoms with E-state index in [2.05, 4.69) is 5.16 Å². The van der Waals surface area contributed by atoms with Crippen molar-refractivity contribution in [1.82, 2.24) is 0 Å². The number of hydrogen-bond donors (Lipinski definition) is 0. The lowest BCUT2D eigenvalue weighted by Gasteiger charge is -2.16. The van der Waals surface area contributed by atoms with E-state index in [1.807, 2.05) is 32.0 Å². The first-order chi connectivity index (χ1) is 9.26. The summed E-state index contributed by atoms with van der Waals surface area (Å²) in [5.74, 6) is 0.153. The van der Waals surface area contributed by atoms with Gasteiger partial charge >= 0.3 is 0 Å². The molecule has 0 fully saturated rings. The van der Waals surface area contributed by atoms with Crippen LogP contribution in [0.5, 0.6) is 0 Å². The van der Waals surface area contributed by atoms with Crippen molar-refractivity contribution in [3.8, 4) is 0 Å². The molecule has 20 heavy (non-hydrogen) atoms. The van der Waals surface area contributed by atoms with Crippen molar-refractivity contribution in [2.24, 2.45) is 5.16 Å². The summed E-state index contributed by atoms with van der Waals surface area (Å²) in [6.07, 6.45) is 0.226. The summed E-state index contributed by atoms with van der Waals surface area (Å²) in [6.45, 7) is 5.60. The van der Waals surface area contributed by atoms with Crippen LogP contribution in [0.25, 0.3) is 0 Å². The summed E-state index contributed by atoms with van der Waals surface area (Å²) in [7, 11) is -3.47. The monoisotopic (exact) mass is 315 g/mol. The number of alkyl halides is 1. The van der Waals surface area contributed by atoms with Gasteiger partial charge in [0.15, 0.2) is 20.5 Å². The molecule has 1 aromatic carbocycles. The normalized spacial score (nSPS) is 22.5. The Hall–Kier alpha value is -1.07. The minimum Gasteiger partial charge on any atom is -0.387 e. The zero-order valence-corrected chi connectivity index (χ0v) is 13.4. The van der Waals surface area contributed by atoms with Gasteiger partial charge < -0.3 is 4.84 Å². The van der Waals surface area contributed by atoms with Crippen LogP contribution in [-0.2, 0) is 20.4 Å². The molecule has 0 bridgehead atoms. The zero-order valence-electron chi connectivity index (χ0n) is 11.8. The van der Waals surface area contributed by atoms with Crippen molar-refractivity contribution in [3.63, 3.8) is 0 Å². The van der Waals surface area contributed by atoms with Crippen molar-refractivity contribution in [2.75, 3.05) is 5.88 Å². The molecule has 2 rings (SSSR count). The molecule has 1 heterocycles. The molecule has 0 N–H and O–H groups in total. The minimum atomic E-state index is -3.47. The van der Waals surface area contributed by atoms with E-state index < -0.39 is 15.4 Å². The van der Waals surface area contributed by atoms with Crippen molar-refractivity contribution >= 4 is 26.5 Å². The van der Waals surface area contributed by atoms with Gasteiger partial charge in [0.05, 0.1) is 11.6 Å². The van der Waals surface area contributed by atoms with E-state index in [4.69, 9.17) is 16.4 Å². The van der Waals surface area contributed by atoms with E-state index in [0.717, 1.165) is 16.7 Å². The molecule has 0 spiro atoms. The second-order valence-corrected chi connectivity index (χ2v) is 7.78.